The summed E-state index contributed by atoms with van der Waals surface area (Å²) in [5.41, 5.74) is 4.54. The molecule has 19 heavy (non-hydrogen) atoms. The molecule has 0 unspecified atom stereocenters. The van der Waals surface area contributed by atoms with Crippen LogP contribution in [0.15, 0.2) is 48.5 Å². The number of nitrogens with one attached hydrogen (secondary N) is 2. The smallest absolute Gasteiger partial charge is 0.175 e. The molecular formula is C16H18N2S. The van der Waals surface area contributed by atoms with E-state index in [2.05, 4.69) is 42.7 Å². The van der Waals surface area contributed by atoms with Crippen LogP contribution in [0.1, 0.15) is 18.1 Å². The lowest BCUT2D eigenvalue weighted by Gasteiger charge is -2.13. The minimum atomic E-state index is 0.617. The fourth-order valence-corrected chi connectivity index (χ4v) is 2.19. The van der Waals surface area contributed by atoms with E-state index in [-0.39, 0.29) is 0 Å². The molecule has 0 saturated heterocycles. The van der Waals surface area contributed by atoms with Gasteiger partial charge >= 0.3 is 0 Å². The van der Waals surface area contributed by atoms with Crippen molar-refractivity contribution in [2.75, 3.05) is 10.6 Å². The van der Waals surface area contributed by atoms with Crippen molar-refractivity contribution in [2.45, 2.75) is 20.3 Å². The maximum absolute atomic E-state index is 5.35. The molecule has 2 N–H and O–H groups in total. The number of hydrogen-bond acceptors (Lipinski definition) is 1. The Labute approximate surface area is 119 Å². The van der Waals surface area contributed by atoms with Gasteiger partial charge in [-0.3, -0.25) is 0 Å². The molecular weight excluding hydrogens is 252 g/mol. The Morgan fingerprint density at radius 2 is 1.84 bits per heavy atom. The molecule has 0 spiro atoms. The molecule has 3 heteroatoms. The van der Waals surface area contributed by atoms with Crippen molar-refractivity contribution < 1.29 is 0 Å². The van der Waals surface area contributed by atoms with Gasteiger partial charge in [-0.15, -0.1) is 0 Å². The highest BCUT2D eigenvalue weighted by Gasteiger charge is 2.02. The van der Waals surface area contributed by atoms with Crippen LogP contribution in [-0.2, 0) is 6.42 Å². The predicted molar refractivity (Wildman–Crippen MR) is 86.8 cm³/mol. The quantitative estimate of drug-likeness (QED) is 0.810. The first-order valence-electron chi connectivity index (χ1n) is 6.41. The average molecular weight is 270 g/mol. The van der Waals surface area contributed by atoms with Gasteiger partial charge in [0.05, 0.1) is 0 Å². The zero-order chi connectivity index (χ0) is 13.7. The summed E-state index contributed by atoms with van der Waals surface area (Å²) >= 11 is 5.35. The summed E-state index contributed by atoms with van der Waals surface area (Å²) in [6.45, 7) is 4.20. The number of thiocarbonyl (C=S) groups is 1. The number of anilines is 2. The molecule has 0 radical (unpaired) electrons. The molecule has 0 aliphatic rings. The Morgan fingerprint density at radius 3 is 2.58 bits per heavy atom. The molecule has 0 atom stereocenters. The first-order valence-corrected chi connectivity index (χ1v) is 6.82. The van der Waals surface area contributed by atoms with Crippen LogP contribution in [-0.4, -0.2) is 5.11 Å². The van der Waals surface area contributed by atoms with E-state index in [0.29, 0.717) is 5.11 Å². The summed E-state index contributed by atoms with van der Waals surface area (Å²) in [5, 5.41) is 7.07. The third-order valence-corrected chi connectivity index (χ3v) is 3.13. The van der Waals surface area contributed by atoms with Crippen LogP contribution >= 0.6 is 12.2 Å². The van der Waals surface area contributed by atoms with Gasteiger partial charge in [0.2, 0.25) is 0 Å². The molecule has 2 aromatic rings. The van der Waals surface area contributed by atoms with Crippen LogP contribution in [0.2, 0.25) is 0 Å². The molecule has 0 bridgehead atoms. The summed E-state index contributed by atoms with van der Waals surface area (Å²) in [6, 6.07) is 16.4. The number of rotatable bonds is 3. The van der Waals surface area contributed by atoms with Crippen LogP contribution in [0.25, 0.3) is 0 Å². The minimum Gasteiger partial charge on any atom is -0.332 e. The van der Waals surface area contributed by atoms with Gasteiger partial charge in [0.1, 0.15) is 0 Å². The highest BCUT2D eigenvalue weighted by atomic mass is 32.1. The molecule has 0 saturated carbocycles. The molecule has 98 valence electrons. The summed E-state index contributed by atoms with van der Waals surface area (Å²) < 4.78 is 0. The van der Waals surface area contributed by atoms with Crippen LogP contribution in [0, 0.1) is 6.92 Å². The molecule has 0 heterocycles. The Balaban J connectivity index is 2.05. The second-order valence-corrected chi connectivity index (χ2v) is 4.87. The Morgan fingerprint density at radius 1 is 1.05 bits per heavy atom. The molecule has 0 aliphatic carbocycles. The zero-order valence-electron chi connectivity index (χ0n) is 11.2. The van der Waals surface area contributed by atoms with Gasteiger partial charge in [-0.1, -0.05) is 37.3 Å². The number of benzene rings is 2. The highest BCUT2D eigenvalue weighted by Crippen LogP contribution is 2.16. The highest BCUT2D eigenvalue weighted by molar-refractivity contribution is 7.80. The van der Waals surface area contributed by atoms with Gasteiger partial charge in [0.25, 0.3) is 0 Å². The molecule has 0 aliphatic heterocycles. The number of hydrogen-bond donors (Lipinski definition) is 2. The van der Waals surface area contributed by atoms with Gasteiger partial charge in [-0.2, -0.15) is 0 Å². The Hall–Kier alpha value is -1.87. The number of aryl methyl sites for hydroxylation is 2. The number of para-hydroxylation sites is 1. The fourth-order valence-electron chi connectivity index (χ4n) is 1.96. The molecule has 2 rings (SSSR count). The molecule has 0 fully saturated rings. The third kappa shape index (κ3) is 3.80. The Bertz CT molecular complexity index is 578. The maximum atomic E-state index is 5.35. The monoisotopic (exact) mass is 270 g/mol. The topological polar surface area (TPSA) is 24.1 Å². The summed E-state index contributed by atoms with van der Waals surface area (Å²) in [5.74, 6) is 0. The van der Waals surface area contributed by atoms with Crippen LogP contribution in [0.5, 0.6) is 0 Å². The van der Waals surface area contributed by atoms with Gasteiger partial charge in [0, 0.05) is 11.4 Å². The van der Waals surface area contributed by atoms with Gasteiger partial charge in [0.15, 0.2) is 5.11 Å². The third-order valence-electron chi connectivity index (χ3n) is 2.92. The van der Waals surface area contributed by atoms with E-state index in [1.54, 1.807) is 0 Å². The second kappa shape index (κ2) is 6.34. The van der Waals surface area contributed by atoms with Gasteiger partial charge in [-0.05, 0) is 54.9 Å². The lowest BCUT2D eigenvalue weighted by atomic mass is 10.1. The largest absolute Gasteiger partial charge is 0.332 e. The van der Waals surface area contributed by atoms with Crippen molar-refractivity contribution in [2.24, 2.45) is 0 Å². The predicted octanol–water partition coefficient (Wildman–Crippen LogP) is 4.37. The van der Waals surface area contributed by atoms with E-state index in [9.17, 15) is 0 Å². The van der Waals surface area contributed by atoms with Crippen molar-refractivity contribution in [3.63, 3.8) is 0 Å². The van der Waals surface area contributed by atoms with Gasteiger partial charge < -0.3 is 10.6 Å². The first-order chi connectivity index (χ1) is 9.19. The summed E-state index contributed by atoms with van der Waals surface area (Å²) in [6.07, 6.45) is 0.982. The van der Waals surface area contributed by atoms with E-state index in [1.165, 1.54) is 11.1 Å². The van der Waals surface area contributed by atoms with Crippen molar-refractivity contribution in [3.05, 3.63) is 59.7 Å². The van der Waals surface area contributed by atoms with Crippen molar-refractivity contribution in [3.8, 4) is 0 Å². The van der Waals surface area contributed by atoms with E-state index >= 15 is 0 Å². The lowest BCUT2D eigenvalue weighted by Crippen LogP contribution is -2.19. The molecule has 0 aromatic heterocycles. The van der Waals surface area contributed by atoms with Crippen LogP contribution in [0.4, 0.5) is 11.4 Å². The first kappa shape index (κ1) is 13.6. The van der Waals surface area contributed by atoms with Crippen LogP contribution < -0.4 is 10.6 Å². The molecule has 2 aromatic carbocycles. The average Bonchev–Trinajstić information content (AvgIpc) is 2.39. The lowest BCUT2D eigenvalue weighted by molar-refractivity contribution is 1.14. The van der Waals surface area contributed by atoms with Crippen molar-refractivity contribution in [1.29, 1.82) is 0 Å². The SMILES string of the molecule is CCc1ccccc1NC(=S)Nc1cccc(C)c1. The minimum absolute atomic E-state index is 0.617. The maximum Gasteiger partial charge on any atom is 0.175 e. The fraction of sp³-hybridized carbons (Fsp3) is 0.188. The molecule has 0 amide bonds. The molecule has 2 nitrogen and oxygen atoms in total. The summed E-state index contributed by atoms with van der Waals surface area (Å²) in [4.78, 5) is 0. The normalized spacial score (nSPS) is 10.0. The van der Waals surface area contributed by atoms with E-state index < -0.39 is 0 Å². The zero-order valence-corrected chi connectivity index (χ0v) is 12.1. The van der Waals surface area contributed by atoms with Crippen molar-refractivity contribution in [1.82, 2.24) is 0 Å². The van der Waals surface area contributed by atoms with Crippen LogP contribution in [0.3, 0.4) is 0 Å². The van der Waals surface area contributed by atoms with Gasteiger partial charge in [-0.25, -0.2) is 0 Å². The van der Waals surface area contributed by atoms with E-state index in [1.807, 2.05) is 30.3 Å². The Kier molecular flexibility index (Phi) is 4.53. The van der Waals surface area contributed by atoms with E-state index in [0.717, 1.165) is 17.8 Å². The van der Waals surface area contributed by atoms with E-state index in [4.69, 9.17) is 12.2 Å². The standard InChI is InChI=1S/C16H18N2S/c1-3-13-8-4-5-10-15(13)18-16(19)17-14-9-6-7-12(2)11-14/h4-11H,3H2,1-2H3,(H2,17,18,19). The summed E-state index contributed by atoms with van der Waals surface area (Å²) in [7, 11) is 0. The second-order valence-electron chi connectivity index (χ2n) is 4.46. The van der Waals surface area contributed by atoms with Crippen molar-refractivity contribution >= 4 is 28.7 Å².